The van der Waals surface area contributed by atoms with E-state index in [1.165, 1.54) is 23.2 Å². The smallest absolute Gasteiger partial charge is 1.00 e. The maximum atomic E-state index is 4.50. The number of rotatable bonds is 10. The second-order valence-corrected chi connectivity index (χ2v) is 27.1. The Bertz CT molecular complexity index is 619. The Labute approximate surface area is 206 Å². The fourth-order valence-corrected chi connectivity index (χ4v) is 13.2. The Morgan fingerprint density at radius 2 is 0.931 bits per heavy atom. The molecule has 2 aliphatic rings. The van der Waals surface area contributed by atoms with Crippen molar-refractivity contribution in [2.45, 2.75) is 70.5 Å². The average Bonchev–Trinajstić information content (AvgIpc) is 3.04. The first-order chi connectivity index (χ1) is 12.3. The summed E-state index contributed by atoms with van der Waals surface area (Å²) in [6.07, 6.45) is 21.4. The van der Waals surface area contributed by atoms with Gasteiger partial charge < -0.3 is 24.8 Å². The van der Waals surface area contributed by atoms with Crippen molar-refractivity contribution in [3.8, 4) is 0 Å². The summed E-state index contributed by atoms with van der Waals surface area (Å²) in [5.41, 5.74) is 2.93. The second kappa shape index (κ2) is 11.3. The molecule has 0 aliphatic heterocycles. The molecule has 0 saturated heterocycles. The van der Waals surface area contributed by atoms with Crippen LogP contribution in [0.2, 0.25) is 57.6 Å². The molecule has 29 heavy (non-hydrogen) atoms. The van der Waals surface area contributed by atoms with Crippen molar-refractivity contribution in [2.24, 2.45) is 0 Å². The van der Waals surface area contributed by atoms with Crippen molar-refractivity contribution in [3.05, 3.63) is 72.9 Å². The quantitative estimate of drug-likeness (QED) is 0.292. The topological polar surface area (TPSA) is 0 Å². The monoisotopic (exact) mass is 542 g/mol. The number of hydrogen-bond acceptors (Lipinski definition) is 0. The molecule has 0 radical (unpaired) electrons. The molecule has 0 atom stereocenters. The molecule has 0 N–H and O–H groups in total. The Morgan fingerprint density at radius 1 is 0.655 bits per heavy atom. The minimum absolute atomic E-state index is 0. The molecular weight excluding hydrogens is 507 g/mol. The molecule has 5 heteroatoms. The summed E-state index contributed by atoms with van der Waals surface area (Å²) in [6, 6.07) is 2.49. The predicted molar refractivity (Wildman–Crippen MR) is 126 cm³/mol. The van der Waals surface area contributed by atoms with Gasteiger partial charge in [0.2, 0.25) is 0 Å². The van der Waals surface area contributed by atoms with Gasteiger partial charge in [0, 0.05) is 0 Å². The third kappa shape index (κ3) is 10.00. The van der Waals surface area contributed by atoms with E-state index < -0.39 is 39.4 Å². The van der Waals surface area contributed by atoms with Gasteiger partial charge in [0.05, 0.1) is 0 Å². The third-order valence-corrected chi connectivity index (χ3v) is 12.8. The first-order valence-electron chi connectivity index (χ1n) is 10.2. The molecule has 2 rings (SSSR count). The molecular formula is C24H38Cl2Si2Zr. The van der Waals surface area contributed by atoms with Crippen LogP contribution in [0.1, 0.15) is 12.8 Å². The molecule has 0 spiro atoms. The van der Waals surface area contributed by atoms with E-state index in [0.717, 1.165) is 12.8 Å². The van der Waals surface area contributed by atoms with Crippen LogP contribution in [-0.2, 0) is 23.2 Å². The number of allylic oxidation sites excluding steroid dienone is 10. The van der Waals surface area contributed by atoms with Gasteiger partial charge in [0.1, 0.15) is 0 Å². The average molecular weight is 545 g/mol. The molecule has 0 saturated carbocycles. The van der Waals surface area contributed by atoms with Crippen LogP contribution in [-0.4, -0.2) is 16.1 Å². The van der Waals surface area contributed by atoms with Crippen LogP contribution in [0.15, 0.2) is 72.9 Å². The summed E-state index contributed by atoms with van der Waals surface area (Å²) in [4.78, 5) is 0. The molecule has 0 heterocycles. The molecule has 160 valence electrons. The van der Waals surface area contributed by atoms with E-state index in [0.29, 0.717) is 0 Å². The Morgan fingerprint density at radius 3 is 1.17 bits per heavy atom. The van der Waals surface area contributed by atoms with Gasteiger partial charge in [0.15, 0.2) is 0 Å². The van der Waals surface area contributed by atoms with E-state index in [1.807, 2.05) is 0 Å². The number of hydrogen-bond donors (Lipinski definition) is 0. The van der Waals surface area contributed by atoms with E-state index >= 15 is 0 Å². The van der Waals surface area contributed by atoms with Crippen LogP contribution >= 0.6 is 0 Å². The maximum Gasteiger partial charge on any atom is -1.00 e. The van der Waals surface area contributed by atoms with Gasteiger partial charge in [-0.1, -0.05) is 0 Å². The van der Waals surface area contributed by atoms with Crippen molar-refractivity contribution in [3.63, 3.8) is 0 Å². The Kier molecular flexibility index (Phi) is 11.4. The second-order valence-electron chi connectivity index (χ2n) is 11.0. The zero-order valence-electron chi connectivity index (χ0n) is 19.1. The number of halogens is 2. The van der Waals surface area contributed by atoms with Gasteiger partial charge in [-0.15, -0.1) is 0 Å². The van der Waals surface area contributed by atoms with Gasteiger partial charge in [-0.05, 0) is 0 Å². The molecule has 0 fully saturated rings. The molecule has 2 aliphatic carbocycles. The van der Waals surface area contributed by atoms with Crippen LogP contribution in [0.5, 0.6) is 0 Å². The van der Waals surface area contributed by atoms with E-state index in [1.54, 1.807) is 0 Å². The molecule has 0 bridgehead atoms. The largest absolute Gasteiger partial charge is 1.00 e. The maximum absolute atomic E-state index is 4.50. The zero-order valence-corrected chi connectivity index (χ0v) is 25.1. The van der Waals surface area contributed by atoms with E-state index in [4.69, 9.17) is 0 Å². The Balaban J connectivity index is 0.00000392. The van der Waals surface area contributed by atoms with Crippen LogP contribution in [0, 0.1) is 0 Å². The van der Waals surface area contributed by atoms with Gasteiger partial charge in [-0.2, -0.15) is 0 Å². The third-order valence-electron chi connectivity index (χ3n) is 4.91. The summed E-state index contributed by atoms with van der Waals surface area (Å²) >= 11 is -0.838. The standard InChI is InChI=1S/2C12H19Si.2ClH.Zr/c2*1-11(10-13(2,3)4)9-12-7-5-6-8-12;;;/h2*5-8H,1,9-10H2,2-4H3;2*1H;/q;;;;+2/p-2. The zero-order chi connectivity index (χ0) is 20.3. The first kappa shape index (κ1) is 29.3. The fourth-order valence-electron chi connectivity index (χ4n) is 4.40. The van der Waals surface area contributed by atoms with Crippen molar-refractivity contribution in [2.75, 3.05) is 0 Å². The SMILES string of the molecule is C=C(C[C]1([Zr+2][C]2(CC(=C)C[Si](C)(C)C)C=CC=C2)C=CC=C1)C[Si](C)(C)C.[Cl-].[Cl-]. The first-order valence-corrected chi connectivity index (χ1v) is 20.1. The van der Waals surface area contributed by atoms with Gasteiger partial charge in [-0.3, -0.25) is 0 Å². The van der Waals surface area contributed by atoms with Crippen LogP contribution < -0.4 is 24.8 Å². The molecule has 0 aromatic rings. The summed E-state index contributed by atoms with van der Waals surface area (Å²) in [6.45, 7) is 23.7. The van der Waals surface area contributed by atoms with Crippen LogP contribution in [0.4, 0.5) is 0 Å². The summed E-state index contributed by atoms with van der Waals surface area (Å²) in [5.74, 6) is 0. The van der Waals surface area contributed by atoms with Crippen molar-refractivity contribution >= 4 is 16.1 Å². The minimum atomic E-state index is -1.11. The van der Waals surface area contributed by atoms with Gasteiger partial charge >= 0.3 is 183 Å². The van der Waals surface area contributed by atoms with Crippen LogP contribution in [0.25, 0.3) is 0 Å². The summed E-state index contributed by atoms with van der Waals surface area (Å²) in [7, 11) is -2.21. The fraction of sp³-hybridized carbons (Fsp3) is 0.500. The van der Waals surface area contributed by atoms with Crippen molar-refractivity contribution < 1.29 is 48.0 Å². The van der Waals surface area contributed by atoms with E-state index in [2.05, 4.69) is 101 Å². The van der Waals surface area contributed by atoms with Crippen LogP contribution in [0.3, 0.4) is 0 Å². The van der Waals surface area contributed by atoms with Gasteiger partial charge in [0.25, 0.3) is 0 Å². The van der Waals surface area contributed by atoms with Crippen molar-refractivity contribution in [1.29, 1.82) is 0 Å². The normalized spacial score (nSPS) is 18.1. The Hall–Kier alpha value is 0.337. The molecule has 0 aromatic heterocycles. The summed E-state index contributed by atoms with van der Waals surface area (Å²) < 4.78 is 0.553. The van der Waals surface area contributed by atoms with E-state index in [-0.39, 0.29) is 31.1 Å². The predicted octanol–water partition coefficient (Wildman–Crippen LogP) is 2.22. The van der Waals surface area contributed by atoms with Crippen molar-refractivity contribution in [1.82, 2.24) is 0 Å². The molecule has 0 aromatic carbocycles. The van der Waals surface area contributed by atoms with Gasteiger partial charge in [-0.25, -0.2) is 0 Å². The van der Waals surface area contributed by atoms with E-state index in [9.17, 15) is 0 Å². The minimum Gasteiger partial charge on any atom is -1.00 e. The molecule has 0 amide bonds. The molecule has 0 unspecified atom stereocenters. The summed E-state index contributed by atoms with van der Waals surface area (Å²) in [5, 5.41) is 0. The molecule has 0 nitrogen and oxygen atoms in total.